The minimum atomic E-state index is -0.0536. The molecule has 0 radical (unpaired) electrons. The Kier molecular flexibility index (Phi) is 6.79. The highest BCUT2D eigenvalue weighted by atomic mass is 16.5. The smallest absolute Gasteiger partial charge is 0.251 e. The molecule has 6 heteroatoms. The Bertz CT molecular complexity index is 973. The van der Waals surface area contributed by atoms with E-state index in [1.807, 2.05) is 60.8 Å². The maximum absolute atomic E-state index is 12.6. The molecule has 2 heterocycles. The zero-order valence-electron chi connectivity index (χ0n) is 17.8. The van der Waals surface area contributed by atoms with E-state index in [0.717, 1.165) is 43.2 Å². The van der Waals surface area contributed by atoms with Crippen LogP contribution in [0.25, 0.3) is 0 Å². The lowest BCUT2D eigenvalue weighted by molar-refractivity contribution is 0.0930. The van der Waals surface area contributed by atoms with Crippen LogP contribution in [0.3, 0.4) is 0 Å². The van der Waals surface area contributed by atoms with Gasteiger partial charge in [0.25, 0.3) is 5.91 Å². The molecule has 0 bridgehead atoms. The first-order chi connectivity index (χ1) is 15.3. The van der Waals surface area contributed by atoms with Crippen LogP contribution in [-0.4, -0.2) is 55.6 Å². The molecule has 1 aliphatic rings. The standard InChI is InChI=1S/C25H28N4O2/c1-31-24-12-6-5-11-22(24)28-14-16-29(17-15-28)23(21-10-7-13-26-18-21)19-27-25(30)20-8-3-2-4-9-20/h2-13,18,23H,14-17,19H2,1H3,(H,27,30). The van der Waals surface area contributed by atoms with Crippen LogP contribution >= 0.6 is 0 Å². The molecule has 0 aliphatic carbocycles. The number of amides is 1. The molecule has 2 aromatic carbocycles. The molecular formula is C25H28N4O2. The Morgan fingerprint density at radius 2 is 1.74 bits per heavy atom. The third kappa shape index (κ3) is 5.03. The van der Waals surface area contributed by atoms with Gasteiger partial charge >= 0.3 is 0 Å². The average Bonchev–Trinajstić information content (AvgIpc) is 2.85. The van der Waals surface area contributed by atoms with Crippen molar-refractivity contribution in [2.24, 2.45) is 0 Å². The van der Waals surface area contributed by atoms with Crippen molar-refractivity contribution in [2.45, 2.75) is 6.04 Å². The van der Waals surface area contributed by atoms with Crippen LogP contribution in [0.4, 0.5) is 5.69 Å². The van der Waals surface area contributed by atoms with Gasteiger partial charge in [-0.1, -0.05) is 36.4 Å². The van der Waals surface area contributed by atoms with Gasteiger partial charge in [-0.25, -0.2) is 0 Å². The zero-order chi connectivity index (χ0) is 21.5. The van der Waals surface area contributed by atoms with Crippen molar-refractivity contribution < 1.29 is 9.53 Å². The van der Waals surface area contributed by atoms with E-state index in [0.29, 0.717) is 12.1 Å². The highest BCUT2D eigenvalue weighted by Crippen LogP contribution is 2.30. The molecule has 6 nitrogen and oxygen atoms in total. The van der Waals surface area contributed by atoms with Crippen molar-refractivity contribution in [1.82, 2.24) is 15.2 Å². The van der Waals surface area contributed by atoms with Crippen LogP contribution in [-0.2, 0) is 0 Å². The Balaban J connectivity index is 1.45. The fourth-order valence-electron chi connectivity index (χ4n) is 4.08. The first-order valence-corrected chi connectivity index (χ1v) is 10.6. The summed E-state index contributed by atoms with van der Waals surface area (Å²) in [7, 11) is 1.71. The van der Waals surface area contributed by atoms with E-state index in [-0.39, 0.29) is 11.9 Å². The first kappa shape index (κ1) is 20.9. The van der Waals surface area contributed by atoms with E-state index in [1.165, 1.54) is 0 Å². The lowest BCUT2D eigenvalue weighted by Gasteiger charge is -2.40. The van der Waals surface area contributed by atoms with Gasteiger partial charge in [0.1, 0.15) is 5.75 Å². The van der Waals surface area contributed by atoms with Crippen molar-refractivity contribution in [3.63, 3.8) is 0 Å². The summed E-state index contributed by atoms with van der Waals surface area (Å²) in [6.07, 6.45) is 3.68. The number of carbonyl (C=O) groups excluding carboxylic acids is 1. The van der Waals surface area contributed by atoms with Crippen LogP contribution in [0, 0.1) is 0 Å². The average molecular weight is 417 g/mol. The Morgan fingerprint density at radius 3 is 2.45 bits per heavy atom. The molecule has 0 spiro atoms. The molecule has 4 rings (SSSR count). The molecule has 1 N–H and O–H groups in total. The number of rotatable bonds is 7. The Labute approximate surface area is 183 Å². The zero-order valence-corrected chi connectivity index (χ0v) is 17.8. The summed E-state index contributed by atoms with van der Waals surface area (Å²) in [5.74, 6) is 0.844. The minimum absolute atomic E-state index is 0.0536. The molecule has 1 aliphatic heterocycles. The van der Waals surface area contributed by atoms with E-state index >= 15 is 0 Å². The number of nitrogens with zero attached hydrogens (tertiary/aromatic N) is 3. The maximum Gasteiger partial charge on any atom is 0.251 e. The quantitative estimate of drug-likeness (QED) is 0.640. The second-order valence-corrected chi connectivity index (χ2v) is 7.57. The number of pyridine rings is 1. The second kappa shape index (κ2) is 10.1. The molecule has 3 aromatic rings. The van der Waals surface area contributed by atoms with Crippen molar-refractivity contribution in [3.05, 3.63) is 90.3 Å². The summed E-state index contributed by atoms with van der Waals surface area (Å²) in [6.45, 7) is 4.10. The number of benzene rings is 2. The van der Waals surface area contributed by atoms with E-state index in [4.69, 9.17) is 4.74 Å². The Morgan fingerprint density at radius 1 is 1.00 bits per heavy atom. The molecule has 1 amide bonds. The summed E-state index contributed by atoms with van der Waals surface area (Å²) in [4.78, 5) is 21.7. The van der Waals surface area contributed by atoms with Gasteiger partial charge in [0.15, 0.2) is 0 Å². The molecule has 0 saturated carbocycles. The van der Waals surface area contributed by atoms with E-state index < -0.39 is 0 Å². The van der Waals surface area contributed by atoms with Gasteiger partial charge in [-0.15, -0.1) is 0 Å². The van der Waals surface area contributed by atoms with Gasteiger partial charge in [-0.05, 0) is 35.9 Å². The number of hydrogen-bond donors (Lipinski definition) is 1. The lowest BCUT2D eigenvalue weighted by Crippen LogP contribution is -2.50. The molecular weight excluding hydrogens is 388 g/mol. The largest absolute Gasteiger partial charge is 0.495 e. The molecule has 160 valence electrons. The second-order valence-electron chi connectivity index (χ2n) is 7.57. The number of nitrogens with one attached hydrogen (secondary N) is 1. The molecule has 1 saturated heterocycles. The number of aromatic nitrogens is 1. The van der Waals surface area contributed by atoms with Gasteiger partial charge < -0.3 is 15.0 Å². The lowest BCUT2D eigenvalue weighted by atomic mass is 10.1. The predicted molar refractivity (Wildman–Crippen MR) is 123 cm³/mol. The van der Waals surface area contributed by atoms with E-state index in [1.54, 1.807) is 13.3 Å². The summed E-state index contributed by atoms with van der Waals surface area (Å²) in [6, 6.07) is 21.6. The van der Waals surface area contributed by atoms with Crippen LogP contribution in [0.2, 0.25) is 0 Å². The minimum Gasteiger partial charge on any atom is -0.495 e. The summed E-state index contributed by atoms with van der Waals surface area (Å²) in [5.41, 5.74) is 2.91. The third-order valence-electron chi connectivity index (χ3n) is 5.74. The van der Waals surface area contributed by atoms with E-state index in [9.17, 15) is 4.79 Å². The van der Waals surface area contributed by atoms with Crippen molar-refractivity contribution >= 4 is 11.6 Å². The van der Waals surface area contributed by atoms with E-state index in [2.05, 4.69) is 32.2 Å². The normalized spacial score (nSPS) is 15.3. The van der Waals surface area contributed by atoms with Crippen LogP contribution < -0.4 is 15.0 Å². The molecule has 1 unspecified atom stereocenters. The number of ether oxygens (including phenoxy) is 1. The summed E-state index contributed by atoms with van der Waals surface area (Å²) >= 11 is 0. The summed E-state index contributed by atoms with van der Waals surface area (Å²) < 4.78 is 5.54. The monoisotopic (exact) mass is 416 g/mol. The highest BCUT2D eigenvalue weighted by molar-refractivity contribution is 5.94. The first-order valence-electron chi connectivity index (χ1n) is 10.6. The highest BCUT2D eigenvalue weighted by Gasteiger charge is 2.27. The fourth-order valence-corrected chi connectivity index (χ4v) is 4.08. The van der Waals surface area contributed by atoms with Gasteiger partial charge in [0.05, 0.1) is 18.8 Å². The molecule has 31 heavy (non-hydrogen) atoms. The van der Waals surface area contributed by atoms with Crippen LogP contribution in [0.1, 0.15) is 22.0 Å². The SMILES string of the molecule is COc1ccccc1N1CCN(C(CNC(=O)c2ccccc2)c2cccnc2)CC1. The van der Waals surface area contributed by atoms with Gasteiger partial charge in [0, 0.05) is 50.7 Å². The van der Waals surface area contributed by atoms with Crippen molar-refractivity contribution in [1.29, 1.82) is 0 Å². The molecule has 1 aromatic heterocycles. The third-order valence-corrected chi connectivity index (χ3v) is 5.74. The number of piperazine rings is 1. The van der Waals surface area contributed by atoms with Gasteiger partial charge in [-0.2, -0.15) is 0 Å². The summed E-state index contributed by atoms with van der Waals surface area (Å²) in [5, 5.41) is 3.11. The number of carbonyl (C=O) groups is 1. The fraction of sp³-hybridized carbons (Fsp3) is 0.280. The topological polar surface area (TPSA) is 57.7 Å². The number of anilines is 1. The number of para-hydroxylation sites is 2. The van der Waals surface area contributed by atoms with Crippen molar-refractivity contribution in [3.8, 4) is 5.75 Å². The number of hydrogen-bond acceptors (Lipinski definition) is 5. The van der Waals surface area contributed by atoms with Gasteiger partial charge in [0.2, 0.25) is 0 Å². The van der Waals surface area contributed by atoms with Crippen molar-refractivity contribution in [2.75, 3.05) is 44.7 Å². The van der Waals surface area contributed by atoms with Gasteiger partial charge in [-0.3, -0.25) is 14.7 Å². The molecule has 1 fully saturated rings. The maximum atomic E-state index is 12.6. The number of methoxy groups -OCH3 is 1. The molecule has 1 atom stereocenters. The van der Waals surface area contributed by atoms with Crippen LogP contribution in [0.5, 0.6) is 5.75 Å². The predicted octanol–water partition coefficient (Wildman–Crippen LogP) is 3.38. The Hall–Kier alpha value is -3.38. The van der Waals surface area contributed by atoms with Crippen LogP contribution in [0.15, 0.2) is 79.1 Å².